The molecule has 1 aromatic carbocycles. The molecule has 0 unspecified atom stereocenters. The van der Waals surface area contributed by atoms with Crippen molar-refractivity contribution in [2.24, 2.45) is 4.01 Å². The molecular weight excluding hydrogens is 408 g/mol. The molecule has 7 heteroatoms. The van der Waals surface area contributed by atoms with Gasteiger partial charge >= 0.3 is 132 Å². The molecular formula is C12H8N3S2Se2. The summed E-state index contributed by atoms with van der Waals surface area (Å²) >= 11 is 0.545. The average Bonchev–Trinajstić information content (AvgIpc) is 3.09. The zero-order valence-corrected chi connectivity index (χ0v) is 14.9. The van der Waals surface area contributed by atoms with Crippen LogP contribution in [0.5, 0.6) is 0 Å². The third-order valence-electron chi connectivity index (χ3n) is 3.05. The molecule has 1 radical (unpaired) electrons. The summed E-state index contributed by atoms with van der Waals surface area (Å²) in [5.74, 6) is 2.23. The normalized spacial score (nSPS) is 21.3. The van der Waals surface area contributed by atoms with Gasteiger partial charge in [0, 0.05) is 0 Å². The van der Waals surface area contributed by atoms with Crippen LogP contribution in [0.4, 0.5) is 0 Å². The van der Waals surface area contributed by atoms with Gasteiger partial charge in [0.15, 0.2) is 0 Å². The fourth-order valence-electron chi connectivity index (χ4n) is 2.14. The van der Waals surface area contributed by atoms with E-state index in [0.29, 0.717) is 0 Å². The number of hydrogen-bond donors (Lipinski definition) is 0. The Bertz CT molecular complexity index is 640. The van der Waals surface area contributed by atoms with Gasteiger partial charge in [-0.15, -0.1) is 0 Å². The Balaban J connectivity index is 1.96. The molecule has 0 N–H and O–H groups in total. The first kappa shape index (κ1) is 12.4. The summed E-state index contributed by atoms with van der Waals surface area (Å²) < 4.78 is 9.38. The molecule has 0 fully saturated rings. The molecule has 0 amide bonds. The van der Waals surface area contributed by atoms with Crippen LogP contribution < -0.4 is 4.33 Å². The van der Waals surface area contributed by atoms with Crippen LogP contribution in [0.3, 0.4) is 0 Å². The van der Waals surface area contributed by atoms with E-state index in [2.05, 4.69) is 50.6 Å². The summed E-state index contributed by atoms with van der Waals surface area (Å²) in [5, 5.41) is 0. The number of hydrogen-bond acceptors (Lipinski definition) is 4. The average molecular weight is 416 g/mol. The molecule has 19 heavy (non-hydrogen) atoms. The summed E-state index contributed by atoms with van der Waals surface area (Å²) in [7, 11) is 5.88. The van der Waals surface area contributed by atoms with Crippen LogP contribution in [0.2, 0.25) is 0 Å². The Labute approximate surface area is 131 Å². The summed E-state index contributed by atoms with van der Waals surface area (Å²) in [6, 6.07) is 10.6. The molecule has 1 aromatic rings. The van der Waals surface area contributed by atoms with Gasteiger partial charge < -0.3 is 0 Å². The second-order valence-electron chi connectivity index (χ2n) is 4.10. The van der Waals surface area contributed by atoms with Gasteiger partial charge in [0.2, 0.25) is 0 Å². The Kier molecular flexibility index (Phi) is 3.22. The van der Waals surface area contributed by atoms with Crippen LogP contribution in [0, 0.1) is 0 Å². The summed E-state index contributed by atoms with van der Waals surface area (Å²) in [6.45, 7) is 0. The number of benzene rings is 1. The van der Waals surface area contributed by atoms with E-state index in [0.717, 1.165) is 11.7 Å². The number of likely N-dealkylation sites (N-methyl/N-ethyl adjacent to an activating group) is 1. The zero-order valence-electron chi connectivity index (χ0n) is 9.86. The first-order valence-electron chi connectivity index (χ1n) is 5.61. The third-order valence-corrected chi connectivity index (χ3v) is 9.15. The predicted molar refractivity (Wildman–Crippen MR) is 84.4 cm³/mol. The molecule has 4 rings (SSSR count). The molecule has 3 nitrogen and oxygen atoms in total. The number of fused-ring (bicyclic) bond motifs is 1. The number of allylic oxidation sites excluding steroid dienone is 1. The van der Waals surface area contributed by atoms with Gasteiger partial charge in [-0.1, -0.05) is 0 Å². The van der Waals surface area contributed by atoms with Crippen molar-refractivity contribution in [2.45, 2.75) is 0 Å². The maximum absolute atomic E-state index is 4.69. The summed E-state index contributed by atoms with van der Waals surface area (Å²) in [4.78, 5) is 4.85. The van der Waals surface area contributed by atoms with E-state index >= 15 is 0 Å². The van der Waals surface area contributed by atoms with E-state index in [9.17, 15) is 0 Å². The van der Waals surface area contributed by atoms with E-state index < -0.39 is 0 Å². The number of nitrogens with zero attached hydrogens (tertiary/aromatic N) is 3. The first-order valence-corrected chi connectivity index (χ1v) is 12.8. The minimum atomic E-state index is 0.272. The maximum atomic E-state index is 4.69. The van der Waals surface area contributed by atoms with Crippen molar-refractivity contribution in [1.29, 1.82) is 0 Å². The van der Waals surface area contributed by atoms with Crippen LogP contribution in [-0.4, -0.2) is 45.9 Å². The number of rotatable bonds is 1. The topological polar surface area (TPSA) is 29.7 Å². The van der Waals surface area contributed by atoms with E-state index in [4.69, 9.17) is 0 Å². The van der Waals surface area contributed by atoms with Gasteiger partial charge in [-0.25, -0.2) is 0 Å². The van der Waals surface area contributed by atoms with Crippen molar-refractivity contribution in [3.8, 4) is 0 Å². The predicted octanol–water partition coefficient (Wildman–Crippen LogP) is 2.08. The standard InChI is InChI=1S/C12H8N3S2Se2/c1-15-11-9(16-18-13-11)8(7-5-3-2-4-6-7)10-12(15)14-19-17-10/h2-6H,1H3. The molecule has 3 aliphatic rings. The molecule has 0 bridgehead atoms. The van der Waals surface area contributed by atoms with Gasteiger partial charge in [0.25, 0.3) is 0 Å². The van der Waals surface area contributed by atoms with Crippen LogP contribution in [0.25, 0.3) is 5.57 Å². The SMILES string of the molecule is CN1C2=N[Se]SC2=C(c2ccccc2)C2=C1[N][Se]S2. The molecule has 0 aliphatic carbocycles. The fourth-order valence-corrected chi connectivity index (χ4v) is 9.14. The van der Waals surface area contributed by atoms with Gasteiger partial charge in [0.05, 0.1) is 0 Å². The quantitative estimate of drug-likeness (QED) is 0.657. The van der Waals surface area contributed by atoms with E-state index in [1.165, 1.54) is 20.9 Å². The molecule has 3 aliphatic heterocycles. The third kappa shape index (κ3) is 1.92. The molecule has 0 spiro atoms. The molecule has 3 heterocycles. The second kappa shape index (κ2) is 4.92. The zero-order chi connectivity index (χ0) is 12.8. The molecule has 0 saturated heterocycles. The Morgan fingerprint density at radius 1 is 1.05 bits per heavy atom. The second-order valence-corrected chi connectivity index (χ2v) is 10.3. The van der Waals surface area contributed by atoms with Gasteiger partial charge in [-0.05, 0) is 0 Å². The van der Waals surface area contributed by atoms with Crippen LogP contribution in [0.15, 0.2) is 50.0 Å². The van der Waals surface area contributed by atoms with Crippen LogP contribution in [0.1, 0.15) is 5.56 Å². The van der Waals surface area contributed by atoms with Gasteiger partial charge in [-0.2, -0.15) is 0 Å². The first-order chi connectivity index (χ1) is 9.36. The van der Waals surface area contributed by atoms with Crippen molar-refractivity contribution in [1.82, 2.24) is 9.23 Å². The van der Waals surface area contributed by atoms with E-state index in [1.54, 1.807) is 0 Å². The molecule has 0 atom stereocenters. The van der Waals surface area contributed by atoms with E-state index in [-0.39, 0.29) is 28.1 Å². The Morgan fingerprint density at radius 2 is 1.84 bits per heavy atom. The van der Waals surface area contributed by atoms with Gasteiger partial charge in [-0.3, -0.25) is 0 Å². The number of amidine groups is 1. The Hall–Kier alpha value is -0.291. The van der Waals surface area contributed by atoms with Crippen molar-refractivity contribution in [2.75, 3.05) is 7.05 Å². The monoisotopic (exact) mass is 418 g/mol. The minimum absolute atomic E-state index is 0.272. The summed E-state index contributed by atoms with van der Waals surface area (Å²) in [5.41, 5.74) is 2.64. The molecule has 0 saturated carbocycles. The molecule has 95 valence electrons. The molecule has 0 aromatic heterocycles. The van der Waals surface area contributed by atoms with Gasteiger partial charge in [0.1, 0.15) is 0 Å². The van der Waals surface area contributed by atoms with Crippen molar-refractivity contribution in [3.63, 3.8) is 0 Å². The van der Waals surface area contributed by atoms with Crippen molar-refractivity contribution < 1.29 is 0 Å². The van der Waals surface area contributed by atoms with Crippen molar-refractivity contribution in [3.05, 3.63) is 51.5 Å². The summed E-state index contributed by atoms with van der Waals surface area (Å²) in [6.07, 6.45) is 0. The Morgan fingerprint density at radius 3 is 2.68 bits per heavy atom. The fraction of sp³-hybridized carbons (Fsp3) is 0.0833. The van der Waals surface area contributed by atoms with Crippen LogP contribution in [-0.2, 0) is 0 Å². The van der Waals surface area contributed by atoms with Crippen molar-refractivity contribution >= 4 is 59.9 Å². The van der Waals surface area contributed by atoms with E-state index in [1.807, 2.05) is 20.4 Å². The van der Waals surface area contributed by atoms with Crippen LogP contribution >= 0.6 is 20.4 Å².